The molecule has 28 heavy (non-hydrogen) atoms. The summed E-state index contributed by atoms with van der Waals surface area (Å²) in [5.74, 6) is 0.657. The molecule has 1 atom stereocenters. The van der Waals surface area contributed by atoms with Crippen LogP contribution in [-0.2, 0) is 20.2 Å². The molecular formula is C20H24N2O5S. The van der Waals surface area contributed by atoms with Gasteiger partial charge in [-0.05, 0) is 42.2 Å². The van der Waals surface area contributed by atoms with Gasteiger partial charge in [0.15, 0.2) is 11.5 Å². The van der Waals surface area contributed by atoms with Crippen LogP contribution in [0.1, 0.15) is 33.3 Å². The molecule has 0 aromatic heterocycles. The van der Waals surface area contributed by atoms with Crippen molar-refractivity contribution in [1.82, 2.24) is 4.72 Å². The van der Waals surface area contributed by atoms with Crippen molar-refractivity contribution in [2.75, 3.05) is 12.1 Å². The number of benzene rings is 2. The maximum Gasteiger partial charge on any atom is 0.242 e. The number of amides is 1. The van der Waals surface area contributed by atoms with E-state index in [0.717, 1.165) is 5.56 Å². The number of carbonyl (C=O) groups is 1. The third-order valence-electron chi connectivity index (χ3n) is 4.40. The predicted molar refractivity (Wildman–Crippen MR) is 106 cm³/mol. The fourth-order valence-corrected chi connectivity index (χ4v) is 3.92. The summed E-state index contributed by atoms with van der Waals surface area (Å²) < 4.78 is 38.1. The number of anilines is 1. The number of hydrogen-bond donors (Lipinski definition) is 2. The Labute approximate surface area is 165 Å². The van der Waals surface area contributed by atoms with E-state index in [-0.39, 0.29) is 17.1 Å². The van der Waals surface area contributed by atoms with Crippen LogP contribution in [0.25, 0.3) is 0 Å². The minimum atomic E-state index is -3.82. The zero-order chi connectivity index (χ0) is 20.5. The molecule has 0 saturated heterocycles. The molecule has 2 aromatic rings. The van der Waals surface area contributed by atoms with Gasteiger partial charge in [0.2, 0.25) is 22.7 Å². The Bertz CT molecular complexity index is 979. The van der Waals surface area contributed by atoms with Crippen LogP contribution in [0.4, 0.5) is 5.69 Å². The van der Waals surface area contributed by atoms with E-state index < -0.39 is 22.0 Å². The third-order valence-corrected chi connectivity index (χ3v) is 5.95. The number of nitrogens with one attached hydrogen (secondary N) is 2. The Balaban J connectivity index is 1.67. The van der Waals surface area contributed by atoms with E-state index in [1.807, 2.05) is 0 Å². The van der Waals surface area contributed by atoms with Crippen molar-refractivity contribution in [3.05, 3.63) is 48.0 Å². The van der Waals surface area contributed by atoms with Gasteiger partial charge < -0.3 is 14.8 Å². The van der Waals surface area contributed by atoms with Gasteiger partial charge in [-0.1, -0.05) is 32.9 Å². The van der Waals surface area contributed by atoms with E-state index in [4.69, 9.17) is 9.47 Å². The summed E-state index contributed by atoms with van der Waals surface area (Å²) >= 11 is 0. The van der Waals surface area contributed by atoms with Crippen LogP contribution in [0.5, 0.6) is 11.5 Å². The molecule has 8 heteroatoms. The topological polar surface area (TPSA) is 93.7 Å². The molecule has 1 amide bonds. The lowest BCUT2D eigenvalue weighted by Gasteiger charge is -2.19. The lowest BCUT2D eigenvalue weighted by atomic mass is 9.87. The molecule has 1 aliphatic rings. The highest BCUT2D eigenvalue weighted by molar-refractivity contribution is 7.89. The Morgan fingerprint density at radius 2 is 1.68 bits per heavy atom. The molecule has 1 unspecified atom stereocenters. The zero-order valence-electron chi connectivity index (χ0n) is 16.3. The van der Waals surface area contributed by atoms with Gasteiger partial charge in [0.1, 0.15) is 0 Å². The first kappa shape index (κ1) is 20.2. The quantitative estimate of drug-likeness (QED) is 0.799. The Morgan fingerprint density at radius 1 is 1.04 bits per heavy atom. The summed E-state index contributed by atoms with van der Waals surface area (Å²) in [7, 11) is -3.82. The second kappa shape index (κ2) is 7.44. The SMILES string of the molecule is CC(NS(=O)(=O)c1ccc(C(C)(C)C)cc1)C(=O)Nc1ccc2c(c1)OCO2. The van der Waals surface area contributed by atoms with Gasteiger partial charge in [0, 0.05) is 11.8 Å². The standard InChI is InChI=1S/C20H24N2O5S/c1-13(19(23)21-15-7-10-17-18(11-15)27-12-26-17)22-28(24,25)16-8-5-14(6-9-16)20(2,3)4/h5-11,13,22H,12H2,1-4H3,(H,21,23). The fraction of sp³-hybridized carbons (Fsp3) is 0.350. The largest absolute Gasteiger partial charge is 0.454 e. The lowest BCUT2D eigenvalue weighted by molar-refractivity contribution is -0.117. The summed E-state index contributed by atoms with van der Waals surface area (Å²) in [6.07, 6.45) is 0. The average molecular weight is 404 g/mol. The predicted octanol–water partition coefficient (Wildman–Crippen LogP) is 3.02. The molecule has 0 spiro atoms. The van der Waals surface area contributed by atoms with Crippen molar-refractivity contribution in [3.8, 4) is 11.5 Å². The highest BCUT2D eigenvalue weighted by Gasteiger charge is 2.23. The van der Waals surface area contributed by atoms with Crippen molar-refractivity contribution >= 4 is 21.6 Å². The molecule has 150 valence electrons. The normalized spacial score (nSPS) is 14.6. The molecule has 2 N–H and O–H groups in total. The first-order chi connectivity index (χ1) is 13.1. The molecule has 1 heterocycles. The van der Waals surface area contributed by atoms with E-state index in [2.05, 4.69) is 30.8 Å². The van der Waals surface area contributed by atoms with Crippen LogP contribution in [0.3, 0.4) is 0 Å². The van der Waals surface area contributed by atoms with Crippen molar-refractivity contribution in [2.45, 2.75) is 44.0 Å². The van der Waals surface area contributed by atoms with Crippen molar-refractivity contribution in [1.29, 1.82) is 0 Å². The van der Waals surface area contributed by atoms with E-state index in [9.17, 15) is 13.2 Å². The van der Waals surface area contributed by atoms with Gasteiger partial charge in [0.05, 0.1) is 10.9 Å². The Kier molecular flexibility index (Phi) is 5.36. The van der Waals surface area contributed by atoms with Gasteiger partial charge in [-0.3, -0.25) is 4.79 Å². The number of carbonyl (C=O) groups excluding carboxylic acids is 1. The van der Waals surface area contributed by atoms with Crippen molar-refractivity contribution < 1.29 is 22.7 Å². The van der Waals surface area contributed by atoms with Gasteiger partial charge in [-0.25, -0.2) is 8.42 Å². The molecule has 3 rings (SSSR count). The number of rotatable bonds is 5. The molecule has 0 fully saturated rings. The van der Waals surface area contributed by atoms with Crippen molar-refractivity contribution in [2.24, 2.45) is 0 Å². The van der Waals surface area contributed by atoms with E-state index >= 15 is 0 Å². The summed E-state index contributed by atoms with van der Waals surface area (Å²) in [5.41, 5.74) is 1.45. The summed E-state index contributed by atoms with van der Waals surface area (Å²) in [6.45, 7) is 7.78. The highest BCUT2D eigenvalue weighted by atomic mass is 32.2. The van der Waals surface area contributed by atoms with Crippen LogP contribution in [0.15, 0.2) is 47.4 Å². The monoisotopic (exact) mass is 404 g/mol. The molecule has 7 nitrogen and oxygen atoms in total. The number of sulfonamides is 1. The van der Waals surface area contributed by atoms with E-state index in [0.29, 0.717) is 17.2 Å². The van der Waals surface area contributed by atoms with Gasteiger partial charge in [-0.2, -0.15) is 4.72 Å². The smallest absolute Gasteiger partial charge is 0.242 e. The van der Waals surface area contributed by atoms with Crippen LogP contribution >= 0.6 is 0 Å². The van der Waals surface area contributed by atoms with E-state index in [1.165, 1.54) is 6.92 Å². The molecule has 0 bridgehead atoms. The van der Waals surface area contributed by atoms with Crippen LogP contribution < -0.4 is 19.5 Å². The lowest BCUT2D eigenvalue weighted by Crippen LogP contribution is -2.41. The van der Waals surface area contributed by atoms with Gasteiger partial charge >= 0.3 is 0 Å². The zero-order valence-corrected chi connectivity index (χ0v) is 17.1. The summed E-state index contributed by atoms with van der Waals surface area (Å²) in [4.78, 5) is 12.5. The maximum atomic E-state index is 12.6. The Morgan fingerprint density at radius 3 is 2.32 bits per heavy atom. The minimum Gasteiger partial charge on any atom is -0.454 e. The van der Waals surface area contributed by atoms with Gasteiger partial charge in [-0.15, -0.1) is 0 Å². The first-order valence-corrected chi connectivity index (χ1v) is 10.4. The second-order valence-corrected chi connectivity index (χ2v) is 9.39. The molecule has 0 saturated carbocycles. The minimum absolute atomic E-state index is 0.0759. The average Bonchev–Trinajstić information content (AvgIpc) is 3.08. The molecule has 0 aliphatic carbocycles. The second-order valence-electron chi connectivity index (χ2n) is 7.67. The molecule has 1 aliphatic heterocycles. The van der Waals surface area contributed by atoms with Crippen LogP contribution in [0.2, 0.25) is 0 Å². The molecule has 2 aromatic carbocycles. The molecular weight excluding hydrogens is 380 g/mol. The first-order valence-electron chi connectivity index (χ1n) is 8.90. The van der Waals surface area contributed by atoms with Crippen molar-refractivity contribution in [3.63, 3.8) is 0 Å². The number of fused-ring (bicyclic) bond motifs is 1. The van der Waals surface area contributed by atoms with Crippen LogP contribution in [0, 0.1) is 0 Å². The number of ether oxygens (including phenoxy) is 2. The highest BCUT2D eigenvalue weighted by Crippen LogP contribution is 2.34. The summed E-state index contributed by atoms with van der Waals surface area (Å²) in [6, 6.07) is 10.7. The maximum absolute atomic E-state index is 12.6. The summed E-state index contributed by atoms with van der Waals surface area (Å²) in [5, 5.41) is 2.67. The van der Waals surface area contributed by atoms with E-state index in [1.54, 1.807) is 42.5 Å². The molecule has 0 radical (unpaired) electrons. The Hall–Kier alpha value is -2.58. The van der Waals surface area contributed by atoms with Gasteiger partial charge in [0.25, 0.3) is 0 Å². The fourth-order valence-electron chi connectivity index (χ4n) is 2.71. The van der Waals surface area contributed by atoms with Crippen LogP contribution in [-0.4, -0.2) is 27.2 Å². The number of hydrogen-bond acceptors (Lipinski definition) is 5. The third kappa shape index (κ3) is 4.45.